The van der Waals surface area contributed by atoms with Crippen LogP contribution in [-0.4, -0.2) is 38.6 Å². The molecule has 0 bridgehead atoms. The summed E-state index contributed by atoms with van der Waals surface area (Å²) in [6.07, 6.45) is 9.63. The van der Waals surface area contributed by atoms with E-state index in [1.54, 1.807) is 0 Å². The van der Waals surface area contributed by atoms with Crippen molar-refractivity contribution in [1.29, 1.82) is 0 Å². The van der Waals surface area contributed by atoms with Crippen molar-refractivity contribution in [3.05, 3.63) is 11.6 Å². The minimum Gasteiger partial charge on any atom is -0.333 e. The number of H-pyrrole nitrogens is 1. The van der Waals surface area contributed by atoms with Gasteiger partial charge in [0.05, 0.1) is 0 Å². The Balaban J connectivity index is 1.72. The van der Waals surface area contributed by atoms with Gasteiger partial charge in [-0.1, -0.05) is 26.2 Å². The van der Waals surface area contributed by atoms with Gasteiger partial charge in [-0.3, -0.25) is 9.89 Å². The van der Waals surface area contributed by atoms with Crippen molar-refractivity contribution in [3.8, 4) is 0 Å². The maximum absolute atomic E-state index is 12.6. The van der Waals surface area contributed by atoms with Gasteiger partial charge in [-0.25, -0.2) is 4.98 Å². The van der Waals surface area contributed by atoms with E-state index in [2.05, 4.69) is 15.2 Å². The highest BCUT2D eigenvalue weighted by Crippen LogP contribution is 2.34. The smallest absolute Gasteiger partial charge is 0.293 e. The first kappa shape index (κ1) is 13.6. The molecule has 3 rings (SSSR count). The number of hydrogen-bond donors (Lipinski definition) is 1. The van der Waals surface area contributed by atoms with Crippen LogP contribution >= 0.6 is 0 Å². The molecule has 2 fully saturated rings. The van der Waals surface area contributed by atoms with Gasteiger partial charge in [-0.15, -0.1) is 5.10 Å². The van der Waals surface area contributed by atoms with Gasteiger partial charge < -0.3 is 4.90 Å². The number of aryl methyl sites for hydroxylation is 1. The fraction of sp³-hybridized carbons (Fsp3) is 0.800. The predicted molar refractivity (Wildman–Crippen MR) is 76.4 cm³/mol. The Hall–Kier alpha value is -1.39. The lowest BCUT2D eigenvalue weighted by molar-refractivity contribution is 0.0649. The van der Waals surface area contributed by atoms with Crippen LogP contribution in [0.25, 0.3) is 0 Å². The van der Waals surface area contributed by atoms with Gasteiger partial charge in [0.1, 0.15) is 5.82 Å². The zero-order chi connectivity index (χ0) is 13.9. The van der Waals surface area contributed by atoms with E-state index in [1.807, 2.05) is 11.8 Å². The molecule has 1 saturated carbocycles. The number of nitrogens with zero attached hydrogens (tertiary/aromatic N) is 3. The Kier molecular flexibility index (Phi) is 4.03. The SMILES string of the molecule is CCc1nc(C(=O)N2CCCC2C2CCCCC2)n[nH]1. The number of carbonyl (C=O) groups is 1. The van der Waals surface area contributed by atoms with Crippen LogP contribution in [0.4, 0.5) is 0 Å². The molecule has 1 aliphatic carbocycles. The normalized spacial score (nSPS) is 24.2. The van der Waals surface area contributed by atoms with Crippen LogP contribution in [0, 0.1) is 5.92 Å². The molecule has 20 heavy (non-hydrogen) atoms. The van der Waals surface area contributed by atoms with E-state index < -0.39 is 0 Å². The average Bonchev–Trinajstić information content (AvgIpc) is 3.16. The van der Waals surface area contributed by atoms with Crippen LogP contribution < -0.4 is 0 Å². The average molecular weight is 276 g/mol. The molecule has 1 aromatic rings. The highest BCUT2D eigenvalue weighted by molar-refractivity contribution is 5.90. The number of hydrogen-bond acceptors (Lipinski definition) is 3. The van der Waals surface area contributed by atoms with E-state index in [9.17, 15) is 4.79 Å². The quantitative estimate of drug-likeness (QED) is 0.923. The lowest BCUT2D eigenvalue weighted by Crippen LogP contribution is -2.41. The minimum absolute atomic E-state index is 0.0222. The first-order valence-electron chi connectivity index (χ1n) is 8.02. The molecular formula is C15H24N4O. The van der Waals surface area contributed by atoms with Crippen LogP contribution in [0.1, 0.15) is 68.3 Å². The topological polar surface area (TPSA) is 61.9 Å². The molecule has 1 aromatic heterocycles. The molecule has 2 heterocycles. The zero-order valence-corrected chi connectivity index (χ0v) is 12.3. The Morgan fingerprint density at radius 2 is 2.05 bits per heavy atom. The lowest BCUT2D eigenvalue weighted by atomic mass is 9.83. The summed E-state index contributed by atoms with van der Waals surface area (Å²) in [5, 5.41) is 6.93. The number of rotatable bonds is 3. The predicted octanol–water partition coefficient (Wildman–Crippen LogP) is 2.55. The summed E-state index contributed by atoms with van der Waals surface area (Å²) < 4.78 is 0. The van der Waals surface area contributed by atoms with Gasteiger partial charge in [0.15, 0.2) is 0 Å². The Morgan fingerprint density at radius 1 is 1.25 bits per heavy atom. The number of likely N-dealkylation sites (tertiary alicyclic amines) is 1. The summed E-state index contributed by atoms with van der Waals surface area (Å²) in [6.45, 7) is 2.88. The summed E-state index contributed by atoms with van der Waals surface area (Å²) >= 11 is 0. The molecule has 110 valence electrons. The maximum atomic E-state index is 12.6. The second-order valence-corrected chi connectivity index (χ2v) is 6.07. The molecule has 0 radical (unpaired) electrons. The van der Waals surface area contributed by atoms with Crippen molar-refractivity contribution >= 4 is 5.91 Å². The third-order valence-corrected chi connectivity index (χ3v) is 4.81. The van der Waals surface area contributed by atoms with Crippen LogP contribution in [0.3, 0.4) is 0 Å². The van der Waals surface area contributed by atoms with E-state index in [1.165, 1.54) is 32.1 Å². The number of nitrogens with one attached hydrogen (secondary N) is 1. The molecule has 1 saturated heterocycles. The zero-order valence-electron chi connectivity index (χ0n) is 12.3. The summed E-state index contributed by atoms with van der Waals surface area (Å²) in [5.74, 6) is 1.86. The van der Waals surface area contributed by atoms with Crippen molar-refractivity contribution in [2.45, 2.75) is 64.3 Å². The molecule has 1 N–H and O–H groups in total. The fourth-order valence-corrected chi connectivity index (χ4v) is 3.73. The first-order valence-corrected chi connectivity index (χ1v) is 8.02. The Bertz CT molecular complexity index is 464. The summed E-state index contributed by atoms with van der Waals surface area (Å²) in [5.41, 5.74) is 0. The molecule has 2 aliphatic rings. The van der Waals surface area contributed by atoms with Gasteiger partial charge in [0.25, 0.3) is 5.91 Å². The van der Waals surface area contributed by atoms with Crippen LogP contribution in [0.2, 0.25) is 0 Å². The molecular weight excluding hydrogens is 252 g/mol. The summed E-state index contributed by atoms with van der Waals surface area (Å²) in [6, 6.07) is 0.423. The van der Waals surface area contributed by atoms with Crippen LogP contribution in [-0.2, 0) is 6.42 Å². The van der Waals surface area contributed by atoms with Crippen molar-refractivity contribution < 1.29 is 4.79 Å². The highest BCUT2D eigenvalue weighted by atomic mass is 16.2. The second-order valence-electron chi connectivity index (χ2n) is 6.07. The largest absolute Gasteiger partial charge is 0.333 e. The molecule has 5 nitrogen and oxygen atoms in total. The van der Waals surface area contributed by atoms with Crippen LogP contribution in [0.5, 0.6) is 0 Å². The number of amides is 1. The van der Waals surface area contributed by atoms with Gasteiger partial charge in [-0.2, -0.15) is 0 Å². The first-order chi connectivity index (χ1) is 9.79. The second kappa shape index (κ2) is 5.94. The molecule has 5 heteroatoms. The number of carbonyl (C=O) groups excluding carboxylic acids is 1. The molecule has 1 unspecified atom stereocenters. The van der Waals surface area contributed by atoms with E-state index in [0.717, 1.165) is 31.6 Å². The fourth-order valence-electron chi connectivity index (χ4n) is 3.73. The Labute approximate surface area is 120 Å². The number of aromatic amines is 1. The minimum atomic E-state index is 0.0222. The van der Waals surface area contributed by atoms with Crippen molar-refractivity contribution in [2.24, 2.45) is 5.92 Å². The monoisotopic (exact) mass is 276 g/mol. The number of aromatic nitrogens is 3. The summed E-state index contributed by atoms with van der Waals surface area (Å²) in [7, 11) is 0. The standard InChI is InChI=1S/C15H24N4O/c1-2-13-16-14(18-17-13)15(20)19-10-6-9-12(19)11-7-4-3-5-8-11/h11-12H,2-10H2,1H3,(H,16,17,18). The molecule has 1 aliphatic heterocycles. The molecule has 1 amide bonds. The van der Waals surface area contributed by atoms with E-state index in [4.69, 9.17) is 0 Å². The van der Waals surface area contributed by atoms with Gasteiger partial charge in [0, 0.05) is 19.0 Å². The maximum Gasteiger partial charge on any atom is 0.293 e. The molecule has 1 atom stereocenters. The van der Waals surface area contributed by atoms with Gasteiger partial charge in [0.2, 0.25) is 5.82 Å². The Morgan fingerprint density at radius 3 is 2.75 bits per heavy atom. The highest BCUT2D eigenvalue weighted by Gasteiger charge is 2.36. The van der Waals surface area contributed by atoms with Gasteiger partial charge in [-0.05, 0) is 31.6 Å². The van der Waals surface area contributed by atoms with Crippen molar-refractivity contribution in [3.63, 3.8) is 0 Å². The summed E-state index contributed by atoms with van der Waals surface area (Å²) in [4.78, 5) is 18.9. The molecule has 0 spiro atoms. The van der Waals surface area contributed by atoms with Gasteiger partial charge >= 0.3 is 0 Å². The third-order valence-electron chi connectivity index (χ3n) is 4.81. The van der Waals surface area contributed by atoms with E-state index in [0.29, 0.717) is 17.8 Å². The van der Waals surface area contributed by atoms with E-state index >= 15 is 0 Å². The van der Waals surface area contributed by atoms with E-state index in [-0.39, 0.29) is 5.91 Å². The third kappa shape index (κ3) is 2.58. The molecule has 0 aromatic carbocycles. The van der Waals surface area contributed by atoms with Crippen molar-refractivity contribution in [2.75, 3.05) is 6.54 Å². The van der Waals surface area contributed by atoms with Crippen molar-refractivity contribution in [1.82, 2.24) is 20.1 Å². The lowest BCUT2D eigenvalue weighted by Gasteiger charge is -2.33. The van der Waals surface area contributed by atoms with Crippen LogP contribution in [0.15, 0.2) is 0 Å².